The van der Waals surface area contributed by atoms with Crippen LogP contribution in [0.3, 0.4) is 0 Å². The number of methoxy groups -OCH3 is 1. The molecule has 3 nitrogen and oxygen atoms in total. The van der Waals surface area contributed by atoms with Gasteiger partial charge in [-0.3, -0.25) is 0 Å². The van der Waals surface area contributed by atoms with E-state index in [0.717, 1.165) is 30.0 Å². The van der Waals surface area contributed by atoms with Crippen molar-refractivity contribution in [2.24, 2.45) is 5.41 Å². The second-order valence-electron chi connectivity index (χ2n) is 4.86. The number of aliphatic hydroxyl groups excluding tert-OH is 1. The van der Waals surface area contributed by atoms with Crippen molar-refractivity contribution in [1.29, 1.82) is 0 Å². The van der Waals surface area contributed by atoms with Gasteiger partial charge in [0.05, 0.1) is 13.7 Å². The van der Waals surface area contributed by atoms with Gasteiger partial charge in [0.15, 0.2) is 0 Å². The molecule has 1 unspecified atom stereocenters. The zero-order chi connectivity index (χ0) is 12.9. The smallest absolute Gasteiger partial charge is 0.119 e. The Balaban J connectivity index is 2.69. The third-order valence-electron chi connectivity index (χ3n) is 3.37. The van der Waals surface area contributed by atoms with Crippen LogP contribution in [0.15, 0.2) is 18.2 Å². The predicted octanol–water partition coefficient (Wildman–Crippen LogP) is 2.82. The van der Waals surface area contributed by atoms with Crippen molar-refractivity contribution in [3.63, 3.8) is 0 Å². The second kappa shape index (κ2) is 5.92. The Kier molecular flexibility index (Phi) is 4.82. The Bertz CT molecular complexity index is 359. The minimum absolute atomic E-state index is 0.0631. The molecule has 0 bridgehead atoms. The molecule has 0 aliphatic carbocycles. The van der Waals surface area contributed by atoms with E-state index in [-0.39, 0.29) is 12.0 Å². The first-order valence-electron chi connectivity index (χ1n) is 6.04. The fourth-order valence-corrected chi connectivity index (χ4v) is 1.56. The Labute approximate surface area is 104 Å². The van der Waals surface area contributed by atoms with Crippen LogP contribution in [0.4, 0.5) is 5.69 Å². The second-order valence-corrected chi connectivity index (χ2v) is 4.86. The van der Waals surface area contributed by atoms with Gasteiger partial charge in [-0.2, -0.15) is 0 Å². The molecule has 0 saturated carbocycles. The molecule has 0 aliphatic rings. The SMILES string of the molecule is CCC(C)(CO)CNc1ccc(OC)cc1C. The van der Waals surface area contributed by atoms with E-state index < -0.39 is 0 Å². The highest BCUT2D eigenvalue weighted by molar-refractivity contribution is 5.53. The quantitative estimate of drug-likeness (QED) is 0.799. The number of ether oxygens (including phenoxy) is 1. The maximum Gasteiger partial charge on any atom is 0.119 e. The third-order valence-corrected chi connectivity index (χ3v) is 3.37. The van der Waals surface area contributed by atoms with Crippen LogP contribution in [0.5, 0.6) is 5.75 Å². The van der Waals surface area contributed by atoms with Gasteiger partial charge in [-0.1, -0.05) is 13.8 Å². The zero-order valence-electron chi connectivity index (χ0n) is 11.2. The fraction of sp³-hybridized carbons (Fsp3) is 0.571. The summed E-state index contributed by atoms with van der Waals surface area (Å²) in [6.07, 6.45) is 0.950. The number of benzene rings is 1. The summed E-state index contributed by atoms with van der Waals surface area (Å²) in [5.74, 6) is 0.869. The summed E-state index contributed by atoms with van der Waals surface area (Å²) in [5.41, 5.74) is 2.19. The molecule has 0 saturated heterocycles. The molecule has 0 aliphatic heterocycles. The maximum atomic E-state index is 9.35. The van der Waals surface area contributed by atoms with Crippen LogP contribution in [-0.2, 0) is 0 Å². The van der Waals surface area contributed by atoms with Crippen molar-refractivity contribution in [2.45, 2.75) is 27.2 Å². The van der Waals surface area contributed by atoms with Gasteiger partial charge < -0.3 is 15.2 Å². The van der Waals surface area contributed by atoms with Gasteiger partial charge in [-0.15, -0.1) is 0 Å². The van der Waals surface area contributed by atoms with Crippen molar-refractivity contribution in [3.05, 3.63) is 23.8 Å². The molecule has 2 N–H and O–H groups in total. The molecule has 96 valence electrons. The van der Waals surface area contributed by atoms with Crippen molar-refractivity contribution in [1.82, 2.24) is 0 Å². The third kappa shape index (κ3) is 3.63. The van der Waals surface area contributed by atoms with E-state index in [1.807, 2.05) is 25.1 Å². The number of aliphatic hydroxyl groups is 1. The number of nitrogens with one attached hydrogen (secondary N) is 1. The fourth-order valence-electron chi connectivity index (χ4n) is 1.56. The van der Waals surface area contributed by atoms with Gasteiger partial charge in [0, 0.05) is 17.6 Å². The minimum atomic E-state index is -0.0631. The summed E-state index contributed by atoms with van der Waals surface area (Å²) in [6.45, 7) is 7.20. The molecule has 0 aromatic heterocycles. The Hall–Kier alpha value is -1.22. The molecule has 17 heavy (non-hydrogen) atoms. The van der Waals surface area contributed by atoms with E-state index in [2.05, 4.69) is 19.2 Å². The molecule has 1 atom stereocenters. The van der Waals surface area contributed by atoms with E-state index in [4.69, 9.17) is 4.74 Å². The van der Waals surface area contributed by atoms with Crippen LogP contribution in [-0.4, -0.2) is 25.4 Å². The average molecular weight is 237 g/mol. The first-order chi connectivity index (χ1) is 8.04. The lowest BCUT2D eigenvalue weighted by molar-refractivity contribution is 0.149. The van der Waals surface area contributed by atoms with Crippen molar-refractivity contribution >= 4 is 5.69 Å². The minimum Gasteiger partial charge on any atom is -0.497 e. The van der Waals surface area contributed by atoms with Gasteiger partial charge in [0.2, 0.25) is 0 Å². The summed E-state index contributed by atoms with van der Waals surface area (Å²) in [5, 5.41) is 12.7. The first kappa shape index (κ1) is 13.8. The molecule has 3 heteroatoms. The summed E-state index contributed by atoms with van der Waals surface area (Å²) in [7, 11) is 1.67. The van der Waals surface area contributed by atoms with Gasteiger partial charge in [0.25, 0.3) is 0 Å². The number of hydrogen-bond acceptors (Lipinski definition) is 3. The van der Waals surface area contributed by atoms with Crippen LogP contribution in [0.1, 0.15) is 25.8 Å². The van der Waals surface area contributed by atoms with Crippen molar-refractivity contribution < 1.29 is 9.84 Å². The molecule has 0 heterocycles. The number of rotatable bonds is 6. The molecule has 1 aromatic carbocycles. The Morgan fingerprint density at radius 3 is 2.59 bits per heavy atom. The Morgan fingerprint density at radius 1 is 1.41 bits per heavy atom. The van der Waals surface area contributed by atoms with Crippen LogP contribution >= 0.6 is 0 Å². The largest absolute Gasteiger partial charge is 0.497 e. The van der Waals surface area contributed by atoms with Crippen molar-refractivity contribution in [2.75, 3.05) is 25.6 Å². The van der Waals surface area contributed by atoms with E-state index >= 15 is 0 Å². The maximum absolute atomic E-state index is 9.35. The highest BCUT2D eigenvalue weighted by Crippen LogP contribution is 2.24. The summed E-state index contributed by atoms with van der Waals surface area (Å²) >= 11 is 0. The molecule has 1 aromatic rings. The monoisotopic (exact) mass is 237 g/mol. The van der Waals surface area contributed by atoms with Gasteiger partial charge >= 0.3 is 0 Å². The molecule has 1 rings (SSSR count). The summed E-state index contributed by atoms with van der Waals surface area (Å²) in [4.78, 5) is 0. The average Bonchev–Trinajstić information content (AvgIpc) is 2.36. The van der Waals surface area contributed by atoms with Crippen LogP contribution in [0.25, 0.3) is 0 Å². The first-order valence-corrected chi connectivity index (χ1v) is 6.04. The summed E-state index contributed by atoms with van der Waals surface area (Å²) < 4.78 is 5.17. The van der Waals surface area contributed by atoms with E-state index in [0.29, 0.717) is 0 Å². The standard InChI is InChI=1S/C14H23NO2/c1-5-14(3,10-16)9-15-13-7-6-12(17-4)8-11(13)2/h6-8,15-16H,5,9-10H2,1-4H3. The van der Waals surface area contributed by atoms with Gasteiger partial charge in [0.1, 0.15) is 5.75 Å². The summed E-state index contributed by atoms with van der Waals surface area (Å²) in [6, 6.07) is 5.96. The van der Waals surface area contributed by atoms with Crippen LogP contribution in [0, 0.1) is 12.3 Å². The number of hydrogen-bond donors (Lipinski definition) is 2. The molecule has 0 fully saturated rings. The van der Waals surface area contributed by atoms with E-state index in [1.54, 1.807) is 7.11 Å². The van der Waals surface area contributed by atoms with Crippen molar-refractivity contribution in [3.8, 4) is 5.75 Å². The molecular formula is C14H23NO2. The van der Waals surface area contributed by atoms with Crippen LogP contribution in [0.2, 0.25) is 0 Å². The number of anilines is 1. The lowest BCUT2D eigenvalue weighted by Gasteiger charge is -2.26. The molecule has 0 spiro atoms. The van der Waals surface area contributed by atoms with E-state index in [9.17, 15) is 5.11 Å². The normalized spacial score (nSPS) is 14.2. The predicted molar refractivity (Wildman–Crippen MR) is 71.7 cm³/mol. The number of aryl methyl sites for hydroxylation is 1. The molecule has 0 radical (unpaired) electrons. The lowest BCUT2D eigenvalue weighted by Crippen LogP contribution is -2.29. The van der Waals surface area contributed by atoms with E-state index in [1.165, 1.54) is 0 Å². The highest BCUT2D eigenvalue weighted by Gasteiger charge is 2.20. The topological polar surface area (TPSA) is 41.5 Å². The van der Waals surface area contributed by atoms with Gasteiger partial charge in [-0.05, 0) is 37.1 Å². The Morgan fingerprint density at radius 2 is 2.12 bits per heavy atom. The molecular weight excluding hydrogens is 214 g/mol. The highest BCUT2D eigenvalue weighted by atomic mass is 16.5. The lowest BCUT2D eigenvalue weighted by atomic mass is 9.88. The zero-order valence-corrected chi connectivity index (χ0v) is 11.2. The molecule has 0 amide bonds. The van der Waals surface area contributed by atoms with Gasteiger partial charge in [-0.25, -0.2) is 0 Å². The van der Waals surface area contributed by atoms with Crippen LogP contribution < -0.4 is 10.1 Å².